The predicted molar refractivity (Wildman–Crippen MR) is 69.5 cm³/mol. The van der Waals surface area contributed by atoms with Gasteiger partial charge in [-0.15, -0.1) is 0 Å². The van der Waals surface area contributed by atoms with E-state index in [4.69, 9.17) is 9.84 Å². The summed E-state index contributed by atoms with van der Waals surface area (Å²) in [5.74, 6) is -0.739. The average Bonchev–Trinajstić information content (AvgIpc) is 2.26. The first-order valence-corrected chi connectivity index (χ1v) is 6.05. The van der Waals surface area contributed by atoms with Crippen LogP contribution in [0.2, 0.25) is 0 Å². The van der Waals surface area contributed by atoms with Gasteiger partial charge in [0.25, 0.3) is 0 Å². The number of hydrogen-bond donors (Lipinski definition) is 2. The van der Waals surface area contributed by atoms with Crippen LogP contribution in [-0.2, 0) is 9.59 Å². The number of halogens is 1. The lowest BCUT2D eigenvalue weighted by Gasteiger charge is -2.19. The van der Waals surface area contributed by atoms with Crippen molar-refractivity contribution in [2.24, 2.45) is 0 Å². The topological polar surface area (TPSA) is 75.6 Å². The average molecular weight is 316 g/mol. The Kier molecular flexibility index (Phi) is 5.15. The van der Waals surface area contributed by atoms with Crippen molar-refractivity contribution in [1.29, 1.82) is 0 Å². The van der Waals surface area contributed by atoms with Crippen molar-refractivity contribution in [3.8, 4) is 5.75 Å². The number of benzene rings is 1. The van der Waals surface area contributed by atoms with E-state index in [0.29, 0.717) is 11.3 Å². The van der Waals surface area contributed by atoms with Gasteiger partial charge in [-0.25, -0.2) is 0 Å². The van der Waals surface area contributed by atoms with Crippen LogP contribution in [0.4, 0.5) is 0 Å². The van der Waals surface area contributed by atoms with Gasteiger partial charge in [-0.1, -0.05) is 15.9 Å². The Labute approximate surface area is 113 Å². The molecule has 0 spiro atoms. The highest BCUT2D eigenvalue weighted by atomic mass is 79.9. The Balaban J connectivity index is 3.13. The molecule has 0 saturated heterocycles. The molecule has 0 aliphatic heterocycles. The van der Waals surface area contributed by atoms with E-state index in [1.54, 1.807) is 18.2 Å². The van der Waals surface area contributed by atoms with Crippen LogP contribution in [0.25, 0.3) is 0 Å². The van der Waals surface area contributed by atoms with E-state index in [1.165, 1.54) is 14.0 Å². The van der Waals surface area contributed by atoms with Gasteiger partial charge in [0.05, 0.1) is 19.6 Å². The van der Waals surface area contributed by atoms with Crippen LogP contribution in [0.1, 0.15) is 24.9 Å². The number of carboxylic acid groups (broad SMARTS) is 1. The maximum atomic E-state index is 11.1. The third-order valence-corrected chi connectivity index (χ3v) is 2.82. The van der Waals surface area contributed by atoms with Crippen molar-refractivity contribution in [3.63, 3.8) is 0 Å². The van der Waals surface area contributed by atoms with Crippen LogP contribution in [0.3, 0.4) is 0 Å². The summed E-state index contributed by atoms with van der Waals surface area (Å²) >= 11 is 3.31. The normalized spacial score (nSPS) is 11.7. The zero-order valence-corrected chi connectivity index (χ0v) is 11.7. The summed E-state index contributed by atoms with van der Waals surface area (Å²) in [6, 6.07) is 4.62. The number of aliphatic carboxylic acids is 1. The Morgan fingerprint density at radius 2 is 2.17 bits per heavy atom. The maximum Gasteiger partial charge on any atom is 0.305 e. The lowest BCUT2D eigenvalue weighted by molar-refractivity contribution is -0.137. The summed E-state index contributed by atoms with van der Waals surface area (Å²) in [5.41, 5.74) is 0.629. The third kappa shape index (κ3) is 4.03. The minimum atomic E-state index is -0.990. The van der Waals surface area contributed by atoms with Gasteiger partial charge >= 0.3 is 5.97 Å². The molecule has 1 rings (SSSR count). The second kappa shape index (κ2) is 6.39. The van der Waals surface area contributed by atoms with Gasteiger partial charge < -0.3 is 15.2 Å². The van der Waals surface area contributed by atoms with Crippen molar-refractivity contribution in [3.05, 3.63) is 28.2 Å². The Bertz CT molecular complexity index is 445. The highest BCUT2D eigenvalue weighted by molar-refractivity contribution is 9.10. The lowest BCUT2D eigenvalue weighted by Crippen LogP contribution is -2.28. The minimum Gasteiger partial charge on any atom is -0.496 e. The lowest BCUT2D eigenvalue weighted by atomic mass is 10.0. The summed E-state index contributed by atoms with van der Waals surface area (Å²) in [7, 11) is 1.50. The Morgan fingerprint density at radius 3 is 2.67 bits per heavy atom. The third-order valence-electron chi connectivity index (χ3n) is 2.32. The monoisotopic (exact) mass is 315 g/mol. The van der Waals surface area contributed by atoms with Gasteiger partial charge in [-0.2, -0.15) is 0 Å². The van der Waals surface area contributed by atoms with E-state index in [-0.39, 0.29) is 12.3 Å². The van der Waals surface area contributed by atoms with E-state index in [1.807, 2.05) is 0 Å². The van der Waals surface area contributed by atoms with Gasteiger partial charge in [0.2, 0.25) is 5.91 Å². The first-order valence-electron chi connectivity index (χ1n) is 5.26. The maximum absolute atomic E-state index is 11.1. The number of carboxylic acids is 1. The molecule has 1 aromatic carbocycles. The Morgan fingerprint density at radius 1 is 1.50 bits per heavy atom. The van der Waals surface area contributed by atoms with E-state index in [2.05, 4.69) is 21.2 Å². The molecule has 0 unspecified atom stereocenters. The van der Waals surface area contributed by atoms with Crippen LogP contribution in [0.5, 0.6) is 5.75 Å². The fourth-order valence-electron chi connectivity index (χ4n) is 1.64. The van der Waals surface area contributed by atoms with E-state index in [9.17, 15) is 9.59 Å². The fourth-order valence-corrected chi connectivity index (χ4v) is 2.02. The zero-order valence-electron chi connectivity index (χ0n) is 10.1. The van der Waals surface area contributed by atoms with Crippen molar-refractivity contribution in [2.75, 3.05) is 7.11 Å². The number of amides is 1. The predicted octanol–water partition coefficient (Wildman–Crippen LogP) is 2.11. The molecule has 0 heterocycles. The van der Waals surface area contributed by atoms with E-state index < -0.39 is 12.0 Å². The fraction of sp³-hybridized carbons (Fsp3) is 0.333. The van der Waals surface area contributed by atoms with Crippen molar-refractivity contribution in [1.82, 2.24) is 5.32 Å². The van der Waals surface area contributed by atoms with Crippen LogP contribution in [-0.4, -0.2) is 24.1 Å². The molecule has 18 heavy (non-hydrogen) atoms. The van der Waals surface area contributed by atoms with E-state index in [0.717, 1.165) is 4.47 Å². The molecule has 0 radical (unpaired) electrons. The molecule has 0 fully saturated rings. The summed E-state index contributed by atoms with van der Waals surface area (Å²) in [5, 5.41) is 11.5. The highest BCUT2D eigenvalue weighted by Crippen LogP contribution is 2.30. The standard InChI is InChI=1S/C12H14BrNO4/c1-7(15)14-10(6-12(16)17)9-5-8(13)3-4-11(9)18-2/h3-5,10H,6H2,1-2H3,(H,14,15)(H,16,17)/t10-/m0/s1. The van der Waals surface area contributed by atoms with Crippen LogP contribution >= 0.6 is 15.9 Å². The van der Waals surface area contributed by atoms with Crippen molar-refractivity contribution < 1.29 is 19.4 Å². The highest BCUT2D eigenvalue weighted by Gasteiger charge is 2.20. The van der Waals surface area contributed by atoms with Crippen molar-refractivity contribution in [2.45, 2.75) is 19.4 Å². The molecule has 0 bridgehead atoms. The van der Waals surface area contributed by atoms with Gasteiger partial charge in [-0.3, -0.25) is 9.59 Å². The summed E-state index contributed by atoms with van der Waals surface area (Å²) < 4.78 is 5.97. The summed E-state index contributed by atoms with van der Waals surface area (Å²) in [6.45, 7) is 1.35. The van der Waals surface area contributed by atoms with Crippen LogP contribution < -0.4 is 10.1 Å². The largest absolute Gasteiger partial charge is 0.496 e. The smallest absolute Gasteiger partial charge is 0.305 e. The van der Waals surface area contributed by atoms with E-state index >= 15 is 0 Å². The molecule has 0 aliphatic rings. The molecule has 1 aromatic rings. The second-order valence-electron chi connectivity index (χ2n) is 3.74. The molecule has 0 saturated carbocycles. The second-order valence-corrected chi connectivity index (χ2v) is 4.65. The molecule has 0 aliphatic carbocycles. The minimum absolute atomic E-state index is 0.202. The summed E-state index contributed by atoms with van der Waals surface area (Å²) in [6.07, 6.45) is -0.202. The quantitative estimate of drug-likeness (QED) is 0.872. The van der Waals surface area contributed by atoms with Gasteiger partial charge in [0, 0.05) is 17.0 Å². The molecule has 5 nitrogen and oxygen atoms in total. The van der Waals surface area contributed by atoms with Gasteiger partial charge in [-0.05, 0) is 18.2 Å². The number of carbonyl (C=O) groups is 2. The number of nitrogens with one attached hydrogen (secondary N) is 1. The molecule has 6 heteroatoms. The number of ether oxygens (including phenoxy) is 1. The molecule has 1 atom stereocenters. The summed E-state index contributed by atoms with van der Waals surface area (Å²) in [4.78, 5) is 22.0. The molecule has 2 N–H and O–H groups in total. The van der Waals surface area contributed by atoms with Gasteiger partial charge in [0.1, 0.15) is 5.75 Å². The molecule has 1 amide bonds. The van der Waals surface area contributed by atoms with Gasteiger partial charge in [0.15, 0.2) is 0 Å². The SMILES string of the molecule is COc1ccc(Br)cc1[C@H](CC(=O)O)NC(C)=O. The molecule has 0 aromatic heterocycles. The molecule has 98 valence electrons. The van der Waals surface area contributed by atoms with Crippen LogP contribution in [0.15, 0.2) is 22.7 Å². The van der Waals surface area contributed by atoms with Crippen molar-refractivity contribution >= 4 is 27.8 Å². The number of methoxy groups -OCH3 is 1. The number of hydrogen-bond acceptors (Lipinski definition) is 3. The first-order chi connectivity index (χ1) is 8.43. The number of rotatable bonds is 5. The molecular weight excluding hydrogens is 302 g/mol. The molecular formula is C12H14BrNO4. The van der Waals surface area contributed by atoms with Crippen LogP contribution in [0, 0.1) is 0 Å². The number of carbonyl (C=O) groups excluding carboxylic acids is 1. The first kappa shape index (κ1) is 14.5. The Hall–Kier alpha value is -1.56. The zero-order chi connectivity index (χ0) is 13.7.